The summed E-state index contributed by atoms with van der Waals surface area (Å²) in [7, 11) is 0. The predicted molar refractivity (Wildman–Crippen MR) is 64.3 cm³/mol. The Morgan fingerprint density at radius 1 is 1.31 bits per heavy atom. The van der Waals surface area contributed by atoms with Crippen molar-refractivity contribution in [2.75, 3.05) is 6.54 Å². The average molecular weight is 218 g/mol. The minimum Gasteiger partial charge on any atom is -0.366 e. The monoisotopic (exact) mass is 218 g/mol. The molecule has 1 aromatic carbocycles. The Balaban J connectivity index is 1.96. The first-order valence-corrected chi connectivity index (χ1v) is 5.88. The van der Waals surface area contributed by atoms with Gasteiger partial charge in [0, 0.05) is 11.6 Å². The molecule has 1 aromatic rings. The third-order valence-electron chi connectivity index (χ3n) is 3.13. The zero-order valence-electron chi connectivity index (χ0n) is 9.41. The van der Waals surface area contributed by atoms with Gasteiger partial charge in [0.05, 0.1) is 0 Å². The lowest BCUT2D eigenvalue weighted by Gasteiger charge is -2.23. The summed E-state index contributed by atoms with van der Waals surface area (Å²) in [6.07, 6.45) is 4.89. The van der Waals surface area contributed by atoms with Gasteiger partial charge in [0.15, 0.2) is 0 Å². The van der Waals surface area contributed by atoms with E-state index in [2.05, 4.69) is 5.32 Å². The number of amides is 1. The van der Waals surface area contributed by atoms with Crippen molar-refractivity contribution >= 4 is 5.91 Å². The molecule has 1 heterocycles. The van der Waals surface area contributed by atoms with Crippen molar-refractivity contribution < 1.29 is 4.79 Å². The Morgan fingerprint density at radius 2 is 2.06 bits per heavy atom. The first-order chi connectivity index (χ1) is 7.75. The van der Waals surface area contributed by atoms with Crippen molar-refractivity contribution in [3.8, 4) is 0 Å². The van der Waals surface area contributed by atoms with Gasteiger partial charge >= 0.3 is 0 Å². The highest BCUT2D eigenvalue weighted by Crippen LogP contribution is 2.13. The lowest BCUT2D eigenvalue weighted by atomic mass is 9.97. The fourth-order valence-corrected chi connectivity index (χ4v) is 2.19. The number of carbonyl (C=O) groups excluding carboxylic acids is 1. The van der Waals surface area contributed by atoms with Crippen LogP contribution < -0.4 is 11.1 Å². The summed E-state index contributed by atoms with van der Waals surface area (Å²) < 4.78 is 0. The summed E-state index contributed by atoms with van der Waals surface area (Å²) in [6.45, 7) is 1.13. The highest BCUT2D eigenvalue weighted by Gasteiger charge is 2.12. The van der Waals surface area contributed by atoms with E-state index < -0.39 is 0 Å². The van der Waals surface area contributed by atoms with Gasteiger partial charge in [-0.2, -0.15) is 0 Å². The van der Waals surface area contributed by atoms with Crippen LogP contribution in [0.1, 0.15) is 35.2 Å². The summed E-state index contributed by atoms with van der Waals surface area (Å²) in [4.78, 5) is 10.9. The van der Waals surface area contributed by atoms with Crippen molar-refractivity contribution in [1.82, 2.24) is 5.32 Å². The molecule has 0 aliphatic carbocycles. The minimum atomic E-state index is -0.359. The van der Waals surface area contributed by atoms with Gasteiger partial charge in [0.25, 0.3) is 0 Å². The van der Waals surface area contributed by atoms with Crippen molar-refractivity contribution in [1.29, 1.82) is 0 Å². The molecule has 0 aromatic heterocycles. The van der Waals surface area contributed by atoms with Crippen molar-refractivity contribution in [3.05, 3.63) is 35.4 Å². The van der Waals surface area contributed by atoms with Crippen LogP contribution in [0.5, 0.6) is 0 Å². The van der Waals surface area contributed by atoms with E-state index in [9.17, 15) is 4.79 Å². The van der Waals surface area contributed by atoms with Gasteiger partial charge in [-0.15, -0.1) is 0 Å². The summed E-state index contributed by atoms with van der Waals surface area (Å²) >= 11 is 0. The molecule has 1 atom stereocenters. The SMILES string of the molecule is NC(=O)c1ccc(CC2CCCCN2)cc1. The van der Waals surface area contributed by atoms with Crippen LogP contribution >= 0.6 is 0 Å². The number of rotatable bonds is 3. The number of hydrogen-bond acceptors (Lipinski definition) is 2. The smallest absolute Gasteiger partial charge is 0.248 e. The van der Waals surface area contributed by atoms with Crippen LogP contribution in [-0.4, -0.2) is 18.5 Å². The molecule has 2 rings (SSSR count). The van der Waals surface area contributed by atoms with Crippen molar-refractivity contribution in [2.45, 2.75) is 31.7 Å². The molecule has 1 amide bonds. The number of nitrogens with one attached hydrogen (secondary N) is 1. The van der Waals surface area contributed by atoms with E-state index in [1.807, 2.05) is 12.1 Å². The molecule has 0 spiro atoms. The fraction of sp³-hybridized carbons (Fsp3) is 0.462. The first kappa shape index (κ1) is 11.1. The zero-order valence-corrected chi connectivity index (χ0v) is 9.41. The molecule has 1 aliphatic rings. The topological polar surface area (TPSA) is 55.1 Å². The van der Waals surface area contributed by atoms with Crippen LogP contribution in [0.3, 0.4) is 0 Å². The summed E-state index contributed by atoms with van der Waals surface area (Å²) in [5, 5.41) is 3.51. The summed E-state index contributed by atoms with van der Waals surface area (Å²) in [5.41, 5.74) is 7.05. The van der Waals surface area contributed by atoms with E-state index in [0.29, 0.717) is 11.6 Å². The van der Waals surface area contributed by atoms with Crippen LogP contribution in [0.15, 0.2) is 24.3 Å². The lowest BCUT2D eigenvalue weighted by Crippen LogP contribution is -2.35. The van der Waals surface area contributed by atoms with Gasteiger partial charge in [-0.3, -0.25) is 4.79 Å². The Kier molecular flexibility index (Phi) is 3.57. The van der Waals surface area contributed by atoms with Crippen LogP contribution in [0.2, 0.25) is 0 Å². The largest absolute Gasteiger partial charge is 0.366 e. The van der Waals surface area contributed by atoms with Gasteiger partial charge in [-0.1, -0.05) is 18.6 Å². The van der Waals surface area contributed by atoms with Crippen LogP contribution in [0.4, 0.5) is 0 Å². The van der Waals surface area contributed by atoms with Gasteiger partial charge < -0.3 is 11.1 Å². The standard InChI is InChI=1S/C13H18N2O/c14-13(16)11-6-4-10(5-7-11)9-12-3-1-2-8-15-12/h4-7,12,15H,1-3,8-9H2,(H2,14,16). The number of carbonyl (C=O) groups is 1. The quantitative estimate of drug-likeness (QED) is 0.807. The van der Waals surface area contributed by atoms with Crippen LogP contribution in [0.25, 0.3) is 0 Å². The van der Waals surface area contributed by atoms with Gasteiger partial charge in [-0.25, -0.2) is 0 Å². The second-order valence-corrected chi connectivity index (χ2v) is 4.41. The number of primary amides is 1. The van der Waals surface area contributed by atoms with E-state index in [-0.39, 0.29) is 5.91 Å². The molecule has 0 saturated carbocycles. The van der Waals surface area contributed by atoms with E-state index >= 15 is 0 Å². The summed E-state index contributed by atoms with van der Waals surface area (Å²) in [6, 6.07) is 8.20. The Labute approximate surface area is 96.0 Å². The molecule has 1 fully saturated rings. The van der Waals surface area contributed by atoms with Crippen LogP contribution in [0, 0.1) is 0 Å². The van der Waals surface area contributed by atoms with Gasteiger partial charge in [0.2, 0.25) is 5.91 Å². The molecule has 1 unspecified atom stereocenters. The van der Waals surface area contributed by atoms with E-state index in [0.717, 1.165) is 13.0 Å². The van der Waals surface area contributed by atoms with E-state index in [4.69, 9.17) is 5.73 Å². The molecular formula is C13H18N2O. The molecule has 0 bridgehead atoms. The maximum absolute atomic E-state index is 10.9. The third kappa shape index (κ3) is 2.83. The Morgan fingerprint density at radius 3 is 2.62 bits per heavy atom. The highest BCUT2D eigenvalue weighted by molar-refractivity contribution is 5.92. The molecular weight excluding hydrogens is 200 g/mol. The molecule has 3 nitrogen and oxygen atoms in total. The third-order valence-corrected chi connectivity index (χ3v) is 3.13. The van der Waals surface area contributed by atoms with Crippen LogP contribution in [-0.2, 0) is 6.42 Å². The number of piperidine rings is 1. The van der Waals surface area contributed by atoms with Gasteiger partial charge in [-0.05, 0) is 43.5 Å². The van der Waals surface area contributed by atoms with E-state index in [1.54, 1.807) is 12.1 Å². The number of hydrogen-bond donors (Lipinski definition) is 2. The lowest BCUT2D eigenvalue weighted by molar-refractivity contribution is 0.100. The normalized spacial score (nSPS) is 20.6. The Bertz CT molecular complexity index is 353. The predicted octanol–water partition coefficient (Wildman–Crippen LogP) is 1.47. The maximum Gasteiger partial charge on any atom is 0.248 e. The molecule has 1 saturated heterocycles. The first-order valence-electron chi connectivity index (χ1n) is 5.88. The number of benzene rings is 1. The second kappa shape index (κ2) is 5.12. The highest BCUT2D eigenvalue weighted by atomic mass is 16.1. The molecule has 1 aliphatic heterocycles. The average Bonchev–Trinajstić information content (AvgIpc) is 2.31. The minimum absolute atomic E-state index is 0.359. The molecule has 86 valence electrons. The summed E-state index contributed by atoms with van der Waals surface area (Å²) in [5.74, 6) is -0.359. The maximum atomic E-state index is 10.9. The number of nitrogens with two attached hydrogens (primary N) is 1. The van der Waals surface area contributed by atoms with Crippen molar-refractivity contribution in [3.63, 3.8) is 0 Å². The zero-order chi connectivity index (χ0) is 11.4. The molecule has 3 N–H and O–H groups in total. The van der Waals surface area contributed by atoms with Crippen molar-refractivity contribution in [2.24, 2.45) is 5.73 Å². The Hall–Kier alpha value is -1.35. The van der Waals surface area contributed by atoms with Gasteiger partial charge in [0.1, 0.15) is 0 Å². The molecule has 0 radical (unpaired) electrons. The second-order valence-electron chi connectivity index (χ2n) is 4.41. The molecule has 3 heteroatoms. The molecule has 16 heavy (non-hydrogen) atoms. The van der Waals surface area contributed by atoms with E-state index in [1.165, 1.54) is 24.8 Å². The fourth-order valence-electron chi connectivity index (χ4n) is 2.19.